The molecule has 2 aromatic carbocycles. The molecule has 5 heteroatoms. The van der Waals surface area contributed by atoms with Gasteiger partial charge in [0.15, 0.2) is 0 Å². The van der Waals surface area contributed by atoms with Crippen LogP contribution in [0.4, 0.5) is 0 Å². The van der Waals surface area contributed by atoms with Crippen molar-refractivity contribution in [2.24, 2.45) is 5.92 Å². The lowest BCUT2D eigenvalue weighted by Crippen LogP contribution is -2.34. The predicted octanol–water partition coefficient (Wildman–Crippen LogP) is 3.09. The first-order valence-electron chi connectivity index (χ1n) is 9.10. The zero-order chi connectivity index (χ0) is 19.4. The molecule has 27 heavy (non-hydrogen) atoms. The Hall–Kier alpha value is -3.13. The fourth-order valence-electron chi connectivity index (χ4n) is 3.28. The van der Waals surface area contributed by atoms with Gasteiger partial charge < -0.3 is 10.2 Å². The van der Waals surface area contributed by atoms with Gasteiger partial charge in [0.2, 0.25) is 11.8 Å². The summed E-state index contributed by atoms with van der Waals surface area (Å²) in [7, 11) is 0. The minimum Gasteiger partial charge on any atom is -0.349 e. The van der Waals surface area contributed by atoms with Crippen LogP contribution in [0.25, 0.3) is 0 Å². The molecule has 3 rings (SSSR count). The monoisotopic (exact) mass is 361 g/mol. The lowest BCUT2D eigenvalue weighted by atomic mass is 10.0. The average Bonchev–Trinajstić information content (AvgIpc) is 3.04. The molecule has 1 aliphatic rings. The number of nitrogens with one attached hydrogen (secondary N) is 1. The van der Waals surface area contributed by atoms with Crippen LogP contribution in [0.5, 0.6) is 0 Å². The molecule has 0 spiro atoms. The van der Waals surface area contributed by atoms with Crippen molar-refractivity contribution in [1.82, 2.24) is 10.2 Å². The zero-order valence-corrected chi connectivity index (χ0v) is 15.6. The third kappa shape index (κ3) is 4.53. The maximum atomic E-state index is 12.6. The first-order chi connectivity index (χ1) is 13.0. The Balaban J connectivity index is 1.58. The van der Waals surface area contributed by atoms with E-state index in [4.69, 9.17) is 5.26 Å². The van der Waals surface area contributed by atoms with Gasteiger partial charge >= 0.3 is 0 Å². The molecule has 0 aliphatic carbocycles. The molecule has 2 amide bonds. The van der Waals surface area contributed by atoms with E-state index in [9.17, 15) is 9.59 Å². The fourth-order valence-corrected chi connectivity index (χ4v) is 3.28. The number of hydrogen-bond donors (Lipinski definition) is 1. The standard InChI is InChI=1S/C22H23N3O2/c1-15-3-5-18(6-4-15)13-25-14-20(11-21(25)26)22(27)24-16(2)19-9-7-17(12-23)8-10-19/h3-10,16,20H,11,13-14H2,1-2H3,(H,24,27). The first kappa shape index (κ1) is 18.7. The van der Waals surface area contributed by atoms with E-state index in [0.717, 1.165) is 11.1 Å². The number of carbonyl (C=O) groups excluding carboxylic acids is 2. The Bertz CT molecular complexity index is 866. The topological polar surface area (TPSA) is 73.2 Å². The molecule has 0 aromatic heterocycles. The normalized spacial score (nSPS) is 17.4. The molecular formula is C22H23N3O2. The van der Waals surface area contributed by atoms with E-state index in [1.54, 1.807) is 17.0 Å². The van der Waals surface area contributed by atoms with Crippen molar-refractivity contribution in [3.63, 3.8) is 0 Å². The van der Waals surface area contributed by atoms with Gasteiger partial charge in [-0.05, 0) is 37.1 Å². The van der Waals surface area contributed by atoms with Gasteiger partial charge in [0.1, 0.15) is 0 Å². The Morgan fingerprint density at radius 3 is 2.52 bits per heavy atom. The second-order valence-corrected chi connectivity index (χ2v) is 7.12. The molecule has 0 radical (unpaired) electrons. The van der Waals surface area contributed by atoms with E-state index in [0.29, 0.717) is 18.7 Å². The lowest BCUT2D eigenvalue weighted by molar-refractivity contribution is -0.129. The molecule has 0 saturated carbocycles. The second-order valence-electron chi connectivity index (χ2n) is 7.12. The van der Waals surface area contributed by atoms with Gasteiger partial charge in [-0.3, -0.25) is 9.59 Å². The van der Waals surface area contributed by atoms with Crippen LogP contribution in [-0.2, 0) is 16.1 Å². The van der Waals surface area contributed by atoms with Crippen molar-refractivity contribution in [1.29, 1.82) is 5.26 Å². The molecule has 1 saturated heterocycles. The molecular weight excluding hydrogens is 338 g/mol. The highest BCUT2D eigenvalue weighted by atomic mass is 16.2. The molecule has 0 bridgehead atoms. The highest BCUT2D eigenvalue weighted by molar-refractivity contribution is 5.89. The van der Waals surface area contributed by atoms with Crippen molar-refractivity contribution in [3.8, 4) is 6.07 Å². The number of amides is 2. The van der Waals surface area contributed by atoms with Crippen molar-refractivity contribution < 1.29 is 9.59 Å². The van der Waals surface area contributed by atoms with E-state index < -0.39 is 0 Å². The summed E-state index contributed by atoms with van der Waals surface area (Å²) in [6.45, 7) is 4.91. The van der Waals surface area contributed by atoms with E-state index in [1.807, 2.05) is 50.2 Å². The minimum atomic E-state index is -0.330. The number of carbonyl (C=O) groups is 2. The van der Waals surface area contributed by atoms with Crippen LogP contribution < -0.4 is 5.32 Å². The molecule has 1 fully saturated rings. The minimum absolute atomic E-state index is 0.0155. The Morgan fingerprint density at radius 1 is 1.22 bits per heavy atom. The summed E-state index contributed by atoms with van der Waals surface area (Å²) in [4.78, 5) is 26.7. The van der Waals surface area contributed by atoms with Crippen LogP contribution in [0, 0.1) is 24.2 Å². The van der Waals surface area contributed by atoms with Crippen molar-refractivity contribution in [2.45, 2.75) is 32.9 Å². The van der Waals surface area contributed by atoms with E-state index in [1.165, 1.54) is 5.56 Å². The Morgan fingerprint density at radius 2 is 1.89 bits per heavy atom. The highest BCUT2D eigenvalue weighted by Gasteiger charge is 2.34. The number of nitriles is 1. The van der Waals surface area contributed by atoms with Gasteiger partial charge in [0, 0.05) is 19.5 Å². The molecule has 2 unspecified atom stereocenters. The van der Waals surface area contributed by atoms with Gasteiger partial charge in [-0.2, -0.15) is 5.26 Å². The average molecular weight is 361 g/mol. The maximum absolute atomic E-state index is 12.6. The summed E-state index contributed by atoms with van der Waals surface area (Å²) in [6, 6.07) is 17.1. The van der Waals surface area contributed by atoms with Crippen molar-refractivity contribution >= 4 is 11.8 Å². The SMILES string of the molecule is Cc1ccc(CN2CC(C(=O)NC(C)c3ccc(C#N)cc3)CC2=O)cc1. The summed E-state index contributed by atoms with van der Waals surface area (Å²) in [5, 5.41) is 11.9. The molecule has 1 heterocycles. The number of nitrogens with zero attached hydrogens (tertiary/aromatic N) is 2. The van der Waals surface area contributed by atoms with Gasteiger partial charge in [0.05, 0.1) is 23.6 Å². The molecule has 1 aliphatic heterocycles. The number of rotatable bonds is 5. The summed E-state index contributed by atoms with van der Waals surface area (Å²) < 4.78 is 0. The number of likely N-dealkylation sites (tertiary alicyclic amines) is 1. The fraction of sp³-hybridized carbons (Fsp3) is 0.318. The van der Waals surface area contributed by atoms with Gasteiger partial charge in [-0.1, -0.05) is 42.0 Å². The molecule has 138 valence electrons. The molecule has 5 nitrogen and oxygen atoms in total. The van der Waals surface area contributed by atoms with Gasteiger partial charge in [0.25, 0.3) is 0 Å². The Labute approximate surface area is 159 Å². The largest absolute Gasteiger partial charge is 0.349 e. The number of hydrogen-bond acceptors (Lipinski definition) is 3. The van der Waals surface area contributed by atoms with Crippen LogP contribution >= 0.6 is 0 Å². The van der Waals surface area contributed by atoms with Gasteiger partial charge in [-0.25, -0.2) is 0 Å². The van der Waals surface area contributed by atoms with E-state index in [-0.39, 0.29) is 30.2 Å². The van der Waals surface area contributed by atoms with E-state index in [2.05, 4.69) is 11.4 Å². The quantitative estimate of drug-likeness (QED) is 0.889. The van der Waals surface area contributed by atoms with Crippen LogP contribution in [0.3, 0.4) is 0 Å². The van der Waals surface area contributed by atoms with Crippen molar-refractivity contribution in [3.05, 3.63) is 70.8 Å². The number of aryl methyl sites for hydroxylation is 1. The van der Waals surface area contributed by atoms with Gasteiger partial charge in [-0.15, -0.1) is 0 Å². The Kier molecular flexibility index (Phi) is 5.56. The second kappa shape index (κ2) is 8.05. The van der Waals surface area contributed by atoms with Crippen LogP contribution in [0.1, 0.15) is 41.6 Å². The third-order valence-corrected chi connectivity index (χ3v) is 4.98. The first-order valence-corrected chi connectivity index (χ1v) is 9.10. The number of benzene rings is 2. The third-order valence-electron chi connectivity index (χ3n) is 4.98. The summed E-state index contributed by atoms with van der Waals surface area (Å²) in [6.07, 6.45) is 0.248. The molecule has 2 aromatic rings. The maximum Gasteiger partial charge on any atom is 0.225 e. The predicted molar refractivity (Wildman–Crippen MR) is 102 cm³/mol. The zero-order valence-electron chi connectivity index (χ0n) is 15.6. The smallest absolute Gasteiger partial charge is 0.225 e. The van der Waals surface area contributed by atoms with E-state index >= 15 is 0 Å². The molecule has 1 N–H and O–H groups in total. The summed E-state index contributed by atoms with van der Waals surface area (Å²) in [5.41, 5.74) is 3.77. The summed E-state index contributed by atoms with van der Waals surface area (Å²) in [5.74, 6) is -0.419. The molecule has 2 atom stereocenters. The van der Waals surface area contributed by atoms with Crippen molar-refractivity contribution in [2.75, 3.05) is 6.54 Å². The van der Waals surface area contributed by atoms with Crippen LogP contribution in [0.15, 0.2) is 48.5 Å². The van der Waals surface area contributed by atoms with Crippen LogP contribution in [-0.4, -0.2) is 23.3 Å². The lowest BCUT2D eigenvalue weighted by Gasteiger charge is -2.19. The highest BCUT2D eigenvalue weighted by Crippen LogP contribution is 2.22. The summed E-state index contributed by atoms with van der Waals surface area (Å²) >= 11 is 0. The van der Waals surface area contributed by atoms with Crippen LogP contribution in [0.2, 0.25) is 0 Å².